The predicted octanol–water partition coefficient (Wildman–Crippen LogP) is 2.43. The van der Waals surface area contributed by atoms with Crippen LogP contribution in [0, 0.1) is 0 Å². The maximum absolute atomic E-state index is 12.2. The molecule has 1 heterocycles. The first-order valence-corrected chi connectivity index (χ1v) is 5.63. The third kappa shape index (κ3) is 2.98. The summed E-state index contributed by atoms with van der Waals surface area (Å²) < 4.78 is 41.9. The minimum Gasteiger partial charge on any atom is -0.451 e. The van der Waals surface area contributed by atoms with E-state index in [1.165, 1.54) is 12.1 Å². The topological polar surface area (TPSA) is 50.5 Å². The summed E-state index contributed by atoms with van der Waals surface area (Å²) in [7, 11) is 0.991. The molecule has 0 aliphatic rings. The van der Waals surface area contributed by atoms with Crippen molar-refractivity contribution in [2.45, 2.75) is 6.18 Å². The Morgan fingerprint density at radius 3 is 2.60 bits per heavy atom. The number of alkyl halides is 3. The van der Waals surface area contributed by atoms with Crippen LogP contribution in [0.2, 0.25) is 0 Å². The van der Waals surface area contributed by atoms with E-state index in [0.717, 1.165) is 13.1 Å². The second-order valence-corrected chi connectivity index (χ2v) is 4.25. The lowest BCUT2D eigenvalue weighted by Gasteiger charge is -2.18. The van der Waals surface area contributed by atoms with E-state index in [4.69, 9.17) is 4.42 Å². The molecule has 0 saturated carbocycles. The smallest absolute Gasteiger partial charge is 0.406 e. The van der Waals surface area contributed by atoms with Crippen LogP contribution in [-0.4, -0.2) is 30.6 Å². The standard InChI is InChI=1S/C13H10F3NO3/c1-17(7-13(14,15)16)12(19)11-6-9(18)8-4-2-3-5-10(8)20-11/h2-6H,7H2,1H3. The van der Waals surface area contributed by atoms with Crippen LogP contribution in [0.15, 0.2) is 39.5 Å². The lowest BCUT2D eigenvalue weighted by atomic mass is 10.2. The Morgan fingerprint density at radius 2 is 1.95 bits per heavy atom. The van der Waals surface area contributed by atoms with Gasteiger partial charge in [-0.05, 0) is 12.1 Å². The predicted molar refractivity (Wildman–Crippen MR) is 65.5 cm³/mol. The zero-order valence-corrected chi connectivity index (χ0v) is 10.4. The van der Waals surface area contributed by atoms with Gasteiger partial charge in [0.25, 0.3) is 5.91 Å². The first kappa shape index (κ1) is 14.1. The maximum Gasteiger partial charge on any atom is 0.406 e. The normalized spacial score (nSPS) is 11.6. The van der Waals surface area contributed by atoms with Crippen molar-refractivity contribution in [2.75, 3.05) is 13.6 Å². The first-order chi connectivity index (χ1) is 9.28. The van der Waals surface area contributed by atoms with Gasteiger partial charge in [0.05, 0.1) is 5.39 Å². The summed E-state index contributed by atoms with van der Waals surface area (Å²) in [5.41, 5.74) is -0.320. The van der Waals surface area contributed by atoms with E-state index in [-0.39, 0.29) is 11.0 Å². The number of fused-ring (bicyclic) bond motifs is 1. The highest BCUT2D eigenvalue weighted by molar-refractivity contribution is 5.93. The number of halogens is 3. The summed E-state index contributed by atoms with van der Waals surface area (Å²) >= 11 is 0. The number of rotatable bonds is 2. The van der Waals surface area contributed by atoms with Crippen LogP contribution in [0.5, 0.6) is 0 Å². The van der Waals surface area contributed by atoms with Crippen molar-refractivity contribution in [3.05, 3.63) is 46.3 Å². The summed E-state index contributed by atoms with van der Waals surface area (Å²) in [5.74, 6) is -1.41. The van der Waals surface area contributed by atoms with Crippen LogP contribution in [0.4, 0.5) is 13.2 Å². The lowest BCUT2D eigenvalue weighted by molar-refractivity contribution is -0.138. The molecular weight excluding hydrogens is 275 g/mol. The molecule has 0 saturated heterocycles. The number of para-hydroxylation sites is 1. The van der Waals surface area contributed by atoms with Gasteiger partial charge in [-0.3, -0.25) is 9.59 Å². The summed E-state index contributed by atoms with van der Waals surface area (Å²) in [6.45, 7) is -1.41. The van der Waals surface area contributed by atoms with Gasteiger partial charge >= 0.3 is 6.18 Å². The fourth-order valence-electron chi connectivity index (χ4n) is 1.74. The second kappa shape index (κ2) is 4.99. The molecule has 0 bridgehead atoms. The van der Waals surface area contributed by atoms with Crippen LogP contribution in [0.3, 0.4) is 0 Å². The summed E-state index contributed by atoms with van der Waals surface area (Å²) in [6.07, 6.45) is -4.51. The molecule has 0 unspecified atom stereocenters. The Kier molecular flexibility index (Phi) is 3.52. The first-order valence-electron chi connectivity index (χ1n) is 5.63. The third-order valence-electron chi connectivity index (χ3n) is 2.61. The van der Waals surface area contributed by atoms with Crippen LogP contribution in [0.1, 0.15) is 10.6 Å². The molecular formula is C13H10F3NO3. The van der Waals surface area contributed by atoms with E-state index in [1.807, 2.05) is 0 Å². The molecule has 0 fully saturated rings. The molecule has 4 nitrogen and oxygen atoms in total. The molecule has 2 rings (SSSR count). The highest BCUT2D eigenvalue weighted by Crippen LogP contribution is 2.18. The van der Waals surface area contributed by atoms with Crippen molar-refractivity contribution in [2.24, 2.45) is 0 Å². The molecule has 0 atom stereocenters. The van der Waals surface area contributed by atoms with Crippen molar-refractivity contribution in [1.29, 1.82) is 0 Å². The Hall–Kier alpha value is -2.31. The van der Waals surface area contributed by atoms with Crippen LogP contribution >= 0.6 is 0 Å². The van der Waals surface area contributed by atoms with Gasteiger partial charge in [-0.2, -0.15) is 13.2 Å². The van der Waals surface area contributed by atoms with E-state index in [1.54, 1.807) is 12.1 Å². The molecule has 1 aromatic carbocycles. The number of hydrogen-bond donors (Lipinski definition) is 0. The lowest BCUT2D eigenvalue weighted by Crippen LogP contribution is -2.36. The van der Waals surface area contributed by atoms with Crippen LogP contribution in [0.25, 0.3) is 11.0 Å². The number of carbonyl (C=O) groups excluding carboxylic acids is 1. The van der Waals surface area contributed by atoms with E-state index in [9.17, 15) is 22.8 Å². The van der Waals surface area contributed by atoms with E-state index >= 15 is 0 Å². The van der Waals surface area contributed by atoms with Gasteiger partial charge in [0.15, 0.2) is 11.2 Å². The summed E-state index contributed by atoms with van der Waals surface area (Å²) in [6, 6.07) is 7.10. The number of benzene rings is 1. The van der Waals surface area contributed by atoms with Crippen molar-refractivity contribution in [3.8, 4) is 0 Å². The molecule has 1 amide bonds. The van der Waals surface area contributed by atoms with Crippen LogP contribution < -0.4 is 5.43 Å². The van der Waals surface area contributed by atoms with E-state index < -0.39 is 29.8 Å². The Bertz CT molecular complexity index is 706. The van der Waals surface area contributed by atoms with Gasteiger partial charge in [0.1, 0.15) is 12.1 Å². The van der Waals surface area contributed by atoms with Gasteiger partial charge in [0, 0.05) is 13.1 Å². The number of carbonyl (C=O) groups is 1. The van der Waals surface area contributed by atoms with Crippen molar-refractivity contribution in [1.82, 2.24) is 4.90 Å². The molecule has 20 heavy (non-hydrogen) atoms. The minimum atomic E-state index is -4.51. The third-order valence-corrected chi connectivity index (χ3v) is 2.61. The SMILES string of the molecule is CN(CC(F)(F)F)C(=O)c1cc(=O)c2ccccc2o1. The summed E-state index contributed by atoms with van der Waals surface area (Å²) in [5, 5.41) is 0.266. The Balaban J connectivity index is 2.38. The van der Waals surface area contributed by atoms with Gasteiger partial charge in [-0.15, -0.1) is 0 Å². The minimum absolute atomic E-state index is 0.156. The zero-order valence-electron chi connectivity index (χ0n) is 10.4. The highest BCUT2D eigenvalue weighted by Gasteiger charge is 2.32. The molecule has 2 aromatic rings. The van der Waals surface area contributed by atoms with Gasteiger partial charge in [-0.1, -0.05) is 12.1 Å². The van der Waals surface area contributed by atoms with Gasteiger partial charge in [0.2, 0.25) is 0 Å². The molecule has 0 spiro atoms. The zero-order chi connectivity index (χ0) is 14.9. The molecule has 1 aromatic heterocycles. The molecule has 7 heteroatoms. The fourth-order valence-corrected chi connectivity index (χ4v) is 1.74. The molecule has 0 radical (unpaired) electrons. The van der Waals surface area contributed by atoms with Crippen molar-refractivity contribution < 1.29 is 22.4 Å². The summed E-state index contributed by atoms with van der Waals surface area (Å²) in [4.78, 5) is 24.0. The molecule has 0 aliphatic carbocycles. The monoisotopic (exact) mass is 285 g/mol. The molecule has 0 N–H and O–H groups in total. The molecule has 106 valence electrons. The highest BCUT2D eigenvalue weighted by atomic mass is 19.4. The molecule has 0 aliphatic heterocycles. The van der Waals surface area contributed by atoms with Gasteiger partial charge in [-0.25, -0.2) is 0 Å². The second-order valence-electron chi connectivity index (χ2n) is 4.25. The van der Waals surface area contributed by atoms with Gasteiger partial charge < -0.3 is 9.32 Å². The largest absolute Gasteiger partial charge is 0.451 e. The van der Waals surface area contributed by atoms with E-state index in [0.29, 0.717) is 4.90 Å². The van der Waals surface area contributed by atoms with Crippen molar-refractivity contribution in [3.63, 3.8) is 0 Å². The van der Waals surface area contributed by atoms with Crippen molar-refractivity contribution >= 4 is 16.9 Å². The fraction of sp³-hybridized carbons (Fsp3) is 0.231. The van der Waals surface area contributed by atoms with E-state index in [2.05, 4.69) is 0 Å². The van der Waals surface area contributed by atoms with Crippen LogP contribution in [-0.2, 0) is 0 Å². The maximum atomic E-state index is 12.2. The number of nitrogens with zero attached hydrogens (tertiary/aromatic N) is 1. The average molecular weight is 285 g/mol. The number of amides is 1. The Labute approximate surface area is 111 Å². The number of hydrogen-bond acceptors (Lipinski definition) is 3. The average Bonchev–Trinajstić information content (AvgIpc) is 2.35. The quantitative estimate of drug-likeness (QED) is 0.851. The Morgan fingerprint density at radius 1 is 1.30 bits per heavy atom.